The third kappa shape index (κ3) is 0.785. The van der Waals surface area contributed by atoms with Crippen molar-refractivity contribution in [2.24, 2.45) is 7.05 Å². The molecule has 3 heteroatoms. The number of aromatic nitrogens is 3. The Morgan fingerprint density at radius 3 is 3.00 bits per heavy atom. The van der Waals surface area contributed by atoms with E-state index < -0.39 is 0 Å². The second kappa shape index (κ2) is 2.35. The first-order valence-corrected chi connectivity index (χ1v) is 3.55. The van der Waals surface area contributed by atoms with Crippen LogP contribution in [0.1, 0.15) is 5.56 Å². The average Bonchev–Trinajstić information content (AvgIpc) is 2.48. The van der Waals surface area contributed by atoms with Gasteiger partial charge >= 0.3 is 0 Å². The van der Waals surface area contributed by atoms with Crippen LogP contribution in [0.4, 0.5) is 0 Å². The molecule has 0 fully saturated rings. The van der Waals surface area contributed by atoms with Crippen LogP contribution >= 0.6 is 0 Å². The highest BCUT2D eigenvalue weighted by Gasteiger charge is 2.02. The largest absolute Gasteiger partial charge is 0.266 e. The second-order valence-electron chi connectivity index (χ2n) is 2.53. The van der Waals surface area contributed by atoms with Gasteiger partial charge in [-0.15, -0.1) is 6.42 Å². The van der Waals surface area contributed by atoms with Gasteiger partial charge in [0, 0.05) is 18.6 Å². The van der Waals surface area contributed by atoms with Crippen LogP contribution in [0.3, 0.4) is 0 Å². The minimum atomic E-state index is 0.792. The van der Waals surface area contributed by atoms with Gasteiger partial charge in [-0.05, 0) is 0 Å². The number of nitrogens with zero attached hydrogens (tertiary/aromatic N) is 3. The Labute approximate surface area is 70.0 Å². The van der Waals surface area contributed by atoms with E-state index in [1.807, 2.05) is 7.05 Å². The third-order valence-electron chi connectivity index (χ3n) is 1.83. The average molecular weight is 157 g/mol. The van der Waals surface area contributed by atoms with E-state index in [-0.39, 0.29) is 0 Å². The van der Waals surface area contributed by atoms with Gasteiger partial charge in [-0.25, -0.2) is 0 Å². The van der Waals surface area contributed by atoms with Crippen LogP contribution < -0.4 is 0 Å². The minimum Gasteiger partial charge on any atom is -0.266 e. The molecule has 0 N–H and O–H groups in total. The summed E-state index contributed by atoms with van der Waals surface area (Å²) in [5.41, 5.74) is 1.76. The lowest BCUT2D eigenvalue weighted by Crippen LogP contribution is -1.89. The predicted octanol–water partition coefficient (Wildman–Crippen LogP) is 0.950. The molecule has 2 rings (SSSR count). The Balaban J connectivity index is 2.92. The molecule has 0 radical (unpaired) electrons. The second-order valence-corrected chi connectivity index (χ2v) is 2.53. The predicted molar refractivity (Wildman–Crippen MR) is 46.4 cm³/mol. The molecule has 2 aromatic heterocycles. The molecule has 2 heterocycles. The van der Waals surface area contributed by atoms with E-state index in [4.69, 9.17) is 6.42 Å². The molecule has 0 saturated heterocycles. The Morgan fingerprint density at radius 1 is 1.42 bits per heavy atom. The zero-order valence-corrected chi connectivity index (χ0v) is 6.65. The molecule has 0 aliphatic rings. The van der Waals surface area contributed by atoms with Gasteiger partial charge in [0.2, 0.25) is 0 Å². The quantitative estimate of drug-likeness (QED) is 0.533. The lowest BCUT2D eigenvalue weighted by atomic mass is 10.2. The molecule has 0 bridgehead atoms. The van der Waals surface area contributed by atoms with Gasteiger partial charge in [0.1, 0.15) is 0 Å². The Bertz CT molecular complexity index is 462. The van der Waals surface area contributed by atoms with Gasteiger partial charge in [0.25, 0.3) is 0 Å². The summed E-state index contributed by atoms with van der Waals surface area (Å²) in [6.07, 6.45) is 10.5. The van der Waals surface area contributed by atoms with Crippen LogP contribution in [0.5, 0.6) is 0 Å². The van der Waals surface area contributed by atoms with E-state index in [1.54, 1.807) is 23.3 Å². The molecule has 58 valence electrons. The van der Waals surface area contributed by atoms with E-state index in [2.05, 4.69) is 16.0 Å². The van der Waals surface area contributed by atoms with Crippen molar-refractivity contribution in [3.8, 4) is 12.3 Å². The monoisotopic (exact) mass is 157 g/mol. The number of hydrogen-bond acceptors (Lipinski definition) is 2. The van der Waals surface area contributed by atoms with Crippen molar-refractivity contribution in [2.75, 3.05) is 0 Å². The molecule has 0 aromatic carbocycles. The highest BCUT2D eigenvalue weighted by molar-refractivity contribution is 5.83. The SMILES string of the molecule is C#Cc1cncc2c1cnn2C. The number of hydrogen-bond donors (Lipinski definition) is 0. The Kier molecular flexibility index (Phi) is 1.34. The van der Waals surface area contributed by atoms with Crippen LogP contribution in [0.25, 0.3) is 10.9 Å². The van der Waals surface area contributed by atoms with E-state index in [0.29, 0.717) is 0 Å². The topological polar surface area (TPSA) is 30.7 Å². The zero-order chi connectivity index (χ0) is 8.55. The van der Waals surface area contributed by atoms with E-state index in [0.717, 1.165) is 16.5 Å². The fourth-order valence-electron chi connectivity index (χ4n) is 1.17. The van der Waals surface area contributed by atoms with Crippen molar-refractivity contribution in [1.82, 2.24) is 14.8 Å². The first-order chi connectivity index (χ1) is 5.83. The molecule has 0 amide bonds. The van der Waals surface area contributed by atoms with Gasteiger partial charge in [0.15, 0.2) is 0 Å². The molecule has 0 aliphatic heterocycles. The highest BCUT2D eigenvalue weighted by atomic mass is 15.2. The summed E-state index contributed by atoms with van der Waals surface area (Å²) in [7, 11) is 1.87. The van der Waals surface area contributed by atoms with Crippen LogP contribution in [0, 0.1) is 12.3 Å². The molecule has 0 aliphatic carbocycles. The van der Waals surface area contributed by atoms with Gasteiger partial charge in [-0.3, -0.25) is 9.67 Å². The van der Waals surface area contributed by atoms with Gasteiger partial charge in [-0.1, -0.05) is 5.92 Å². The fraction of sp³-hybridized carbons (Fsp3) is 0.111. The van der Waals surface area contributed by atoms with Crippen molar-refractivity contribution < 1.29 is 0 Å². The van der Waals surface area contributed by atoms with Crippen LogP contribution in [0.15, 0.2) is 18.6 Å². The molecule has 2 aromatic rings. The van der Waals surface area contributed by atoms with Crippen molar-refractivity contribution in [2.45, 2.75) is 0 Å². The van der Waals surface area contributed by atoms with Gasteiger partial charge in [-0.2, -0.15) is 5.10 Å². The first-order valence-electron chi connectivity index (χ1n) is 3.55. The van der Waals surface area contributed by atoms with Crippen molar-refractivity contribution in [3.63, 3.8) is 0 Å². The standard InChI is InChI=1S/C9H7N3/c1-3-7-4-10-6-9-8(7)5-11-12(9)2/h1,4-6H,2H3. The van der Waals surface area contributed by atoms with Gasteiger partial charge < -0.3 is 0 Å². The maximum Gasteiger partial charge on any atom is 0.0874 e. The number of terminal acetylenes is 1. The number of rotatable bonds is 0. The van der Waals surface area contributed by atoms with Crippen LogP contribution in [-0.2, 0) is 7.05 Å². The van der Waals surface area contributed by atoms with Crippen molar-refractivity contribution >= 4 is 10.9 Å². The molecule has 0 saturated carbocycles. The highest BCUT2D eigenvalue weighted by Crippen LogP contribution is 2.14. The summed E-state index contributed by atoms with van der Waals surface area (Å²) in [5.74, 6) is 2.57. The molecule has 0 spiro atoms. The summed E-state index contributed by atoms with van der Waals surface area (Å²) in [4.78, 5) is 4.01. The van der Waals surface area contributed by atoms with E-state index in [1.165, 1.54) is 0 Å². The fourth-order valence-corrected chi connectivity index (χ4v) is 1.17. The summed E-state index contributed by atoms with van der Waals surface area (Å²) in [5, 5.41) is 5.07. The lowest BCUT2D eigenvalue weighted by Gasteiger charge is -1.93. The van der Waals surface area contributed by atoms with Crippen molar-refractivity contribution in [1.29, 1.82) is 0 Å². The lowest BCUT2D eigenvalue weighted by molar-refractivity contribution is 0.795. The smallest absolute Gasteiger partial charge is 0.0874 e. The summed E-state index contributed by atoms with van der Waals surface area (Å²) in [6, 6.07) is 0. The van der Waals surface area contributed by atoms with Crippen LogP contribution in [-0.4, -0.2) is 14.8 Å². The molecule has 0 atom stereocenters. The molecule has 12 heavy (non-hydrogen) atoms. The maximum absolute atomic E-state index is 5.30. The number of aryl methyl sites for hydroxylation is 1. The third-order valence-corrected chi connectivity index (χ3v) is 1.83. The molecule has 0 unspecified atom stereocenters. The molecular weight excluding hydrogens is 150 g/mol. The number of pyridine rings is 1. The summed E-state index contributed by atoms with van der Waals surface area (Å²) < 4.78 is 1.75. The Hall–Kier alpha value is -1.82. The minimum absolute atomic E-state index is 0.792. The molecule has 3 nitrogen and oxygen atoms in total. The van der Waals surface area contributed by atoms with E-state index in [9.17, 15) is 0 Å². The van der Waals surface area contributed by atoms with Crippen LogP contribution in [0.2, 0.25) is 0 Å². The van der Waals surface area contributed by atoms with E-state index >= 15 is 0 Å². The Morgan fingerprint density at radius 2 is 2.25 bits per heavy atom. The van der Waals surface area contributed by atoms with Gasteiger partial charge in [0.05, 0.1) is 23.5 Å². The maximum atomic E-state index is 5.30. The summed E-state index contributed by atoms with van der Waals surface area (Å²) in [6.45, 7) is 0. The first kappa shape index (κ1) is 6.86. The summed E-state index contributed by atoms with van der Waals surface area (Å²) >= 11 is 0. The normalized spacial score (nSPS) is 10.0. The number of fused-ring (bicyclic) bond motifs is 1. The molecular formula is C9H7N3. The zero-order valence-electron chi connectivity index (χ0n) is 6.65. The van der Waals surface area contributed by atoms with Crippen molar-refractivity contribution in [3.05, 3.63) is 24.2 Å².